The summed E-state index contributed by atoms with van der Waals surface area (Å²) in [5.41, 5.74) is 11.6. The maximum absolute atomic E-state index is 5.98. The third-order valence-corrected chi connectivity index (χ3v) is 5.29. The van der Waals surface area contributed by atoms with Crippen LogP contribution in [0.1, 0.15) is 56.2 Å². The highest BCUT2D eigenvalue weighted by atomic mass is 15.1. The monoisotopic (exact) mass is 314 g/mol. The Morgan fingerprint density at radius 1 is 1.17 bits per heavy atom. The Labute approximate surface area is 142 Å². The molecule has 0 saturated carbocycles. The number of benzene rings is 1. The zero-order valence-corrected chi connectivity index (χ0v) is 15.3. The van der Waals surface area contributed by atoms with E-state index in [9.17, 15) is 0 Å². The van der Waals surface area contributed by atoms with Gasteiger partial charge in [-0.25, -0.2) is 0 Å². The SMILES string of the molecule is C=C1c2ccc(C)cc2CCC1CCN1CCC(N)CC1.CC. The van der Waals surface area contributed by atoms with Crippen molar-refractivity contribution in [3.8, 4) is 0 Å². The van der Waals surface area contributed by atoms with Crippen molar-refractivity contribution in [1.29, 1.82) is 0 Å². The lowest BCUT2D eigenvalue weighted by Gasteiger charge is -2.33. The van der Waals surface area contributed by atoms with Crippen molar-refractivity contribution in [1.82, 2.24) is 4.90 Å². The molecule has 2 heteroatoms. The molecule has 1 aromatic carbocycles. The summed E-state index contributed by atoms with van der Waals surface area (Å²) in [6.45, 7) is 14.1. The summed E-state index contributed by atoms with van der Waals surface area (Å²) in [4.78, 5) is 2.58. The van der Waals surface area contributed by atoms with Crippen molar-refractivity contribution in [2.75, 3.05) is 19.6 Å². The lowest BCUT2D eigenvalue weighted by molar-refractivity contribution is 0.203. The number of likely N-dealkylation sites (tertiary alicyclic amines) is 1. The summed E-state index contributed by atoms with van der Waals surface area (Å²) < 4.78 is 0. The topological polar surface area (TPSA) is 29.3 Å². The van der Waals surface area contributed by atoms with Crippen molar-refractivity contribution >= 4 is 5.57 Å². The molecule has 23 heavy (non-hydrogen) atoms. The van der Waals surface area contributed by atoms with Gasteiger partial charge in [0.15, 0.2) is 0 Å². The summed E-state index contributed by atoms with van der Waals surface area (Å²) in [5, 5.41) is 0. The molecule has 1 aliphatic carbocycles. The van der Waals surface area contributed by atoms with E-state index in [4.69, 9.17) is 5.73 Å². The Bertz CT molecular complexity index is 513. The smallest absolute Gasteiger partial charge is 0.00631 e. The van der Waals surface area contributed by atoms with Crippen LogP contribution >= 0.6 is 0 Å². The fraction of sp³-hybridized carbons (Fsp3) is 0.619. The number of nitrogens with zero attached hydrogens (tertiary/aromatic N) is 1. The summed E-state index contributed by atoms with van der Waals surface area (Å²) >= 11 is 0. The van der Waals surface area contributed by atoms with Gasteiger partial charge in [0.2, 0.25) is 0 Å². The molecule has 3 rings (SSSR count). The van der Waals surface area contributed by atoms with Gasteiger partial charge in [0.25, 0.3) is 0 Å². The van der Waals surface area contributed by atoms with Gasteiger partial charge in [0, 0.05) is 6.04 Å². The Hall–Kier alpha value is -1.12. The lowest BCUT2D eigenvalue weighted by atomic mass is 9.78. The van der Waals surface area contributed by atoms with Gasteiger partial charge in [-0.2, -0.15) is 0 Å². The lowest BCUT2D eigenvalue weighted by Crippen LogP contribution is -2.40. The fourth-order valence-electron chi connectivity index (χ4n) is 3.80. The van der Waals surface area contributed by atoms with Crippen LogP contribution in [0, 0.1) is 12.8 Å². The van der Waals surface area contributed by atoms with Crippen LogP contribution in [0.5, 0.6) is 0 Å². The maximum Gasteiger partial charge on any atom is 0.00631 e. The van der Waals surface area contributed by atoms with Crippen LogP contribution < -0.4 is 5.73 Å². The second-order valence-electron chi connectivity index (χ2n) is 6.89. The van der Waals surface area contributed by atoms with Crippen LogP contribution in [0.3, 0.4) is 0 Å². The van der Waals surface area contributed by atoms with E-state index in [1.165, 1.54) is 61.2 Å². The van der Waals surface area contributed by atoms with E-state index < -0.39 is 0 Å². The highest BCUT2D eigenvalue weighted by Gasteiger charge is 2.23. The van der Waals surface area contributed by atoms with Crippen LogP contribution in [0.4, 0.5) is 0 Å². The number of fused-ring (bicyclic) bond motifs is 1. The number of aryl methyl sites for hydroxylation is 2. The first kappa shape index (κ1) is 18.2. The summed E-state index contributed by atoms with van der Waals surface area (Å²) in [7, 11) is 0. The molecule has 2 aliphatic rings. The first-order valence-corrected chi connectivity index (χ1v) is 9.40. The number of allylic oxidation sites excluding steroid dienone is 1. The van der Waals surface area contributed by atoms with Crippen LogP contribution in [-0.2, 0) is 6.42 Å². The van der Waals surface area contributed by atoms with Crippen molar-refractivity contribution in [3.05, 3.63) is 41.5 Å². The number of piperidine rings is 1. The van der Waals surface area contributed by atoms with Crippen molar-refractivity contribution in [2.45, 2.75) is 58.9 Å². The van der Waals surface area contributed by atoms with Gasteiger partial charge in [-0.3, -0.25) is 0 Å². The molecule has 2 nitrogen and oxygen atoms in total. The minimum Gasteiger partial charge on any atom is -0.328 e. The second-order valence-corrected chi connectivity index (χ2v) is 6.89. The Morgan fingerprint density at radius 3 is 2.57 bits per heavy atom. The number of hydrogen-bond donors (Lipinski definition) is 1. The Kier molecular flexibility index (Phi) is 6.86. The molecule has 1 fully saturated rings. The molecule has 2 N–H and O–H groups in total. The van der Waals surface area contributed by atoms with Crippen LogP contribution in [0.2, 0.25) is 0 Å². The Morgan fingerprint density at radius 2 is 1.87 bits per heavy atom. The number of hydrogen-bond acceptors (Lipinski definition) is 2. The molecule has 1 heterocycles. The van der Waals surface area contributed by atoms with Gasteiger partial charge in [-0.15, -0.1) is 0 Å². The fourth-order valence-corrected chi connectivity index (χ4v) is 3.80. The molecular weight excluding hydrogens is 280 g/mol. The van der Waals surface area contributed by atoms with E-state index in [1.807, 2.05) is 13.8 Å². The third kappa shape index (κ3) is 4.68. The quantitative estimate of drug-likeness (QED) is 0.895. The molecule has 0 aromatic heterocycles. The molecular formula is C21H34N2. The van der Waals surface area contributed by atoms with E-state index in [1.54, 1.807) is 0 Å². The summed E-state index contributed by atoms with van der Waals surface area (Å²) in [5.74, 6) is 0.663. The second kappa shape index (κ2) is 8.65. The zero-order chi connectivity index (χ0) is 16.8. The highest BCUT2D eigenvalue weighted by Crippen LogP contribution is 2.36. The van der Waals surface area contributed by atoms with Gasteiger partial charge in [-0.1, -0.05) is 44.2 Å². The molecule has 1 aliphatic heterocycles. The average molecular weight is 315 g/mol. The normalized spacial score (nSPS) is 22.3. The predicted octanol–water partition coefficient (Wildman–Crippen LogP) is 4.41. The van der Waals surface area contributed by atoms with Gasteiger partial charge < -0.3 is 10.6 Å². The van der Waals surface area contributed by atoms with E-state index in [-0.39, 0.29) is 0 Å². The molecule has 128 valence electrons. The van der Waals surface area contributed by atoms with Gasteiger partial charge in [-0.05, 0) is 81.3 Å². The Balaban J connectivity index is 0.000000924. The van der Waals surface area contributed by atoms with E-state index in [2.05, 4.69) is 36.6 Å². The molecule has 0 amide bonds. The molecule has 1 saturated heterocycles. The maximum atomic E-state index is 5.98. The van der Waals surface area contributed by atoms with Crippen molar-refractivity contribution in [2.24, 2.45) is 11.7 Å². The van der Waals surface area contributed by atoms with E-state index in [0.29, 0.717) is 12.0 Å². The van der Waals surface area contributed by atoms with Crippen LogP contribution in [0.15, 0.2) is 24.8 Å². The highest BCUT2D eigenvalue weighted by molar-refractivity contribution is 5.70. The molecule has 1 unspecified atom stereocenters. The molecule has 1 atom stereocenters. The first-order valence-electron chi connectivity index (χ1n) is 9.40. The van der Waals surface area contributed by atoms with Crippen molar-refractivity contribution < 1.29 is 0 Å². The molecule has 0 spiro atoms. The summed E-state index contributed by atoms with van der Waals surface area (Å²) in [6, 6.07) is 7.27. The van der Waals surface area contributed by atoms with Crippen LogP contribution in [-0.4, -0.2) is 30.6 Å². The van der Waals surface area contributed by atoms with Gasteiger partial charge >= 0.3 is 0 Å². The first-order chi connectivity index (χ1) is 11.1. The zero-order valence-electron chi connectivity index (χ0n) is 15.3. The standard InChI is InChI=1S/C19H28N2.C2H6/c1-14-3-6-19-15(2)16(4-5-17(19)13-14)7-10-21-11-8-18(20)9-12-21;1-2/h3,6,13,16,18H,2,4-5,7-12,20H2,1H3;1-2H3. The largest absolute Gasteiger partial charge is 0.328 e. The van der Waals surface area contributed by atoms with E-state index in [0.717, 1.165) is 12.8 Å². The molecule has 0 radical (unpaired) electrons. The van der Waals surface area contributed by atoms with Crippen molar-refractivity contribution in [3.63, 3.8) is 0 Å². The molecule has 0 bridgehead atoms. The number of nitrogens with two attached hydrogens (primary N) is 1. The van der Waals surface area contributed by atoms with Crippen LogP contribution in [0.25, 0.3) is 5.57 Å². The minimum absolute atomic E-state index is 0.431. The van der Waals surface area contributed by atoms with Gasteiger partial charge in [0.05, 0.1) is 0 Å². The van der Waals surface area contributed by atoms with E-state index >= 15 is 0 Å². The number of rotatable bonds is 3. The molecule has 1 aromatic rings. The van der Waals surface area contributed by atoms with Gasteiger partial charge in [0.1, 0.15) is 0 Å². The average Bonchev–Trinajstić information content (AvgIpc) is 2.57. The minimum atomic E-state index is 0.431. The summed E-state index contributed by atoms with van der Waals surface area (Å²) in [6.07, 6.45) is 6.05. The predicted molar refractivity (Wildman–Crippen MR) is 102 cm³/mol. The third-order valence-electron chi connectivity index (χ3n) is 5.29.